The molecule has 2 aliphatic heterocycles. The van der Waals surface area contributed by atoms with Crippen LogP contribution in [0.15, 0.2) is 54.9 Å². The Labute approximate surface area is 186 Å². The Bertz CT molecular complexity index is 1180. The van der Waals surface area contributed by atoms with Crippen LogP contribution < -0.4 is 0 Å². The van der Waals surface area contributed by atoms with Gasteiger partial charge in [-0.2, -0.15) is 5.10 Å². The van der Waals surface area contributed by atoms with Crippen LogP contribution in [0.3, 0.4) is 0 Å². The Morgan fingerprint density at radius 3 is 2.56 bits per heavy atom. The molecular formula is C25H25N5O2. The lowest BCUT2D eigenvalue weighted by Gasteiger charge is -2.42. The Hall–Kier alpha value is -3.48. The van der Waals surface area contributed by atoms with Crippen LogP contribution in [0.25, 0.3) is 5.69 Å². The second kappa shape index (κ2) is 7.29. The minimum atomic E-state index is 0.0136. The normalized spacial score (nSPS) is 20.4. The Balaban J connectivity index is 1.23. The average Bonchev–Trinajstić information content (AvgIpc) is 3.52. The maximum Gasteiger partial charge on any atom is 0.273 e. The molecule has 3 aromatic rings. The van der Waals surface area contributed by atoms with Crippen LogP contribution in [-0.2, 0) is 0 Å². The first-order chi connectivity index (χ1) is 15.6. The minimum absolute atomic E-state index is 0.0136. The summed E-state index contributed by atoms with van der Waals surface area (Å²) < 4.78 is 1.82. The largest absolute Gasteiger partial charge is 0.338 e. The van der Waals surface area contributed by atoms with E-state index < -0.39 is 0 Å². The highest BCUT2D eigenvalue weighted by Gasteiger charge is 2.50. The number of likely N-dealkylation sites (tertiary alicyclic amines) is 1. The van der Waals surface area contributed by atoms with Gasteiger partial charge in [0.05, 0.1) is 23.0 Å². The number of carbonyl (C=O) groups is 2. The summed E-state index contributed by atoms with van der Waals surface area (Å²) in [5, 5.41) is 4.74. The molecule has 0 spiro atoms. The van der Waals surface area contributed by atoms with Crippen LogP contribution in [0.5, 0.6) is 0 Å². The molecule has 7 nitrogen and oxygen atoms in total. The van der Waals surface area contributed by atoms with Crippen molar-refractivity contribution in [2.45, 2.75) is 25.8 Å². The first kappa shape index (κ1) is 19.2. The Kier molecular flexibility index (Phi) is 4.38. The van der Waals surface area contributed by atoms with Crippen molar-refractivity contribution in [3.63, 3.8) is 0 Å². The lowest BCUT2D eigenvalue weighted by atomic mass is 9.96. The van der Waals surface area contributed by atoms with Gasteiger partial charge in [0.1, 0.15) is 5.69 Å². The average molecular weight is 428 g/mol. The summed E-state index contributed by atoms with van der Waals surface area (Å²) >= 11 is 0. The van der Waals surface area contributed by atoms with Gasteiger partial charge in [0.15, 0.2) is 0 Å². The highest BCUT2D eigenvalue weighted by atomic mass is 16.2. The third kappa shape index (κ3) is 3.03. The molecule has 162 valence electrons. The smallest absolute Gasteiger partial charge is 0.273 e. The summed E-state index contributed by atoms with van der Waals surface area (Å²) in [6.07, 6.45) is 5.58. The summed E-state index contributed by atoms with van der Waals surface area (Å²) in [6, 6.07) is 13.6. The summed E-state index contributed by atoms with van der Waals surface area (Å²) in [4.78, 5) is 34.2. The molecule has 3 aliphatic rings. The molecular weight excluding hydrogens is 402 g/mol. The van der Waals surface area contributed by atoms with Crippen molar-refractivity contribution in [2.24, 2.45) is 11.8 Å². The highest BCUT2D eigenvalue weighted by Crippen LogP contribution is 2.51. The van der Waals surface area contributed by atoms with E-state index in [0.717, 1.165) is 29.8 Å². The second-order valence-corrected chi connectivity index (χ2v) is 9.15. The van der Waals surface area contributed by atoms with Gasteiger partial charge in [0.2, 0.25) is 0 Å². The fourth-order valence-electron chi connectivity index (χ4n) is 5.17. The number of nitrogens with zero attached hydrogens (tertiary/aromatic N) is 5. The number of pyridine rings is 1. The van der Waals surface area contributed by atoms with E-state index in [9.17, 15) is 9.59 Å². The molecule has 1 saturated heterocycles. The van der Waals surface area contributed by atoms with Crippen LogP contribution in [0.1, 0.15) is 51.0 Å². The standard InChI is InChI=1S/C25H25N5O2/c1-16-21-22(18-9-10-18)29(25(32)23(21)30(27-16)20-7-3-2-4-8-20)15-17-13-28(14-17)24(31)19-6-5-11-26-12-19/h2-8,11-12,17-18,22H,9-10,13-15H2,1H3. The molecule has 0 bridgehead atoms. The van der Waals surface area contributed by atoms with Gasteiger partial charge in [0.25, 0.3) is 11.8 Å². The zero-order valence-corrected chi connectivity index (χ0v) is 18.0. The first-order valence-electron chi connectivity index (χ1n) is 11.3. The fraction of sp³-hybridized carbons (Fsp3) is 0.360. The van der Waals surface area contributed by atoms with E-state index in [1.165, 1.54) is 0 Å². The number of aromatic nitrogens is 3. The lowest BCUT2D eigenvalue weighted by molar-refractivity contribution is 0.0337. The van der Waals surface area contributed by atoms with Gasteiger partial charge in [-0.25, -0.2) is 4.68 Å². The van der Waals surface area contributed by atoms with Crippen molar-refractivity contribution in [3.8, 4) is 5.69 Å². The van der Waals surface area contributed by atoms with Gasteiger partial charge in [-0.15, -0.1) is 0 Å². The van der Waals surface area contributed by atoms with Crippen molar-refractivity contribution in [3.05, 3.63) is 77.4 Å². The molecule has 1 aliphatic carbocycles. The molecule has 2 aromatic heterocycles. The van der Waals surface area contributed by atoms with Crippen LogP contribution in [0, 0.1) is 18.8 Å². The number of carbonyl (C=O) groups excluding carboxylic acids is 2. The van der Waals surface area contributed by atoms with Gasteiger partial charge in [-0.05, 0) is 49.9 Å². The molecule has 1 saturated carbocycles. The molecule has 6 rings (SSSR count). The molecule has 2 fully saturated rings. The highest BCUT2D eigenvalue weighted by molar-refractivity contribution is 5.99. The lowest BCUT2D eigenvalue weighted by Crippen LogP contribution is -2.54. The zero-order valence-electron chi connectivity index (χ0n) is 18.0. The molecule has 1 atom stereocenters. The zero-order chi connectivity index (χ0) is 21.8. The van der Waals surface area contributed by atoms with Gasteiger partial charge in [-0.1, -0.05) is 18.2 Å². The monoisotopic (exact) mass is 427 g/mol. The van der Waals surface area contributed by atoms with E-state index in [2.05, 4.69) is 9.88 Å². The number of amides is 2. The fourth-order valence-corrected chi connectivity index (χ4v) is 5.17. The van der Waals surface area contributed by atoms with Gasteiger partial charge in [-0.3, -0.25) is 14.6 Å². The van der Waals surface area contributed by atoms with Crippen molar-refractivity contribution in [1.29, 1.82) is 0 Å². The molecule has 2 amide bonds. The number of hydrogen-bond donors (Lipinski definition) is 0. The van der Waals surface area contributed by atoms with Gasteiger partial charge in [0, 0.05) is 43.5 Å². The maximum atomic E-state index is 13.6. The third-order valence-corrected chi connectivity index (χ3v) is 6.88. The van der Waals surface area contributed by atoms with Crippen LogP contribution >= 0.6 is 0 Å². The predicted molar refractivity (Wildman–Crippen MR) is 118 cm³/mol. The van der Waals surface area contributed by atoms with Crippen LogP contribution in [-0.4, -0.2) is 56.0 Å². The first-order valence-corrected chi connectivity index (χ1v) is 11.3. The van der Waals surface area contributed by atoms with E-state index in [0.29, 0.717) is 42.7 Å². The summed E-state index contributed by atoms with van der Waals surface area (Å²) in [5.74, 6) is 0.891. The number of aryl methyl sites for hydroxylation is 1. The molecule has 32 heavy (non-hydrogen) atoms. The minimum Gasteiger partial charge on any atom is -0.338 e. The molecule has 7 heteroatoms. The number of hydrogen-bond acceptors (Lipinski definition) is 4. The summed E-state index contributed by atoms with van der Waals surface area (Å²) in [7, 11) is 0. The molecule has 0 radical (unpaired) electrons. The number of benzene rings is 1. The number of para-hydroxylation sites is 1. The predicted octanol–water partition coefficient (Wildman–Crippen LogP) is 3.25. The van der Waals surface area contributed by atoms with Crippen molar-refractivity contribution in [2.75, 3.05) is 19.6 Å². The van der Waals surface area contributed by atoms with Crippen LogP contribution in [0.2, 0.25) is 0 Å². The van der Waals surface area contributed by atoms with Gasteiger partial charge >= 0.3 is 0 Å². The molecule has 1 unspecified atom stereocenters. The van der Waals surface area contributed by atoms with Crippen molar-refractivity contribution in [1.82, 2.24) is 24.6 Å². The number of fused-ring (bicyclic) bond motifs is 1. The van der Waals surface area contributed by atoms with Crippen molar-refractivity contribution >= 4 is 11.8 Å². The maximum absolute atomic E-state index is 13.6. The Morgan fingerprint density at radius 1 is 1.09 bits per heavy atom. The molecule has 1 aromatic carbocycles. The number of rotatable bonds is 5. The van der Waals surface area contributed by atoms with Gasteiger partial charge < -0.3 is 9.80 Å². The second-order valence-electron chi connectivity index (χ2n) is 9.15. The molecule has 0 N–H and O–H groups in total. The van der Waals surface area contributed by atoms with E-state index in [1.54, 1.807) is 24.5 Å². The SMILES string of the molecule is Cc1nn(-c2ccccc2)c2c1C(C1CC1)N(CC1CN(C(=O)c3cccnc3)C1)C2=O. The van der Waals surface area contributed by atoms with E-state index in [4.69, 9.17) is 5.10 Å². The molecule has 4 heterocycles. The third-order valence-electron chi connectivity index (χ3n) is 6.88. The van der Waals surface area contributed by atoms with Crippen LogP contribution in [0.4, 0.5) is 0 Å². The summed E-state index contributed by atoms with van der Waals surface area (Å²) in [6.45, 7) is 4.05. The topological polar surface area (TPSA) is 71.3 Å². The quantitative estimate of drug-likeness (QED) is 0.627. The summed E-state index contributed by atoms with van der Waals surface area (Å²) in [5.41, 5.74) is 4.29. The Morgan fingerprint density at radius 2 is 1.88 bits per heavy atom. The van der Waals surface area contributed by atoms with E-state index in [-0.39, 0.29) is 17.9 Å². The van der Waals surface area contributed by atoms with E-state index in [1.807, 2.05) is 46.8 Å². The van der Waals surface area contributed by atoms with E-state index >= 15 is 0 Å². The van der Waals surface area contributed by atoms with Crippen molar-refractivity contribution < 1.29 is 9.59 Å².